The second-order valence-electron chi connectivity index (χ2n) is 4.22. The molecule has 0 atom stereocenters. The molecule has 7 heteroatoms. The fourth-order valence-electron chi connectivity index (χ4n) is 1.65. The lowest BCUT2D eigenvalue weighted by Gasteiger charge is -2.21. The quantitative estimate of drug-likeness (QED) is 0.762. The number of amides is 1. The van der Waals surface area contributed by atoms with Crippen LogP contribution < -0.4 is 5.32 Å². The standard InChI is InChI=1S/C13H19F2N3O2/c1-2-4-16-10-3-5-17-11(8-10)13(20)18(6-7-19)9-12(14)15/h3,5,8,12,19H,2,4,6-7,9H2,1H3,(H,16,17). The molecule has 0 saturated carbocycles. The van der Waals surface area contributed by atoms with Gasteiger partial charge in [-0.1, -0.05) is 6.92 Å². The molecule has 0 aromatic carbocycles. The summed E-state index contributed by atoms with van der Waals surface area (Å²) < 4.78 is 24.8. The van der Waals surface area contributed by atoms with Crippen molar-refractivity contribution in [3.63, 3.8) is 0 Å². The van der Waals surface area contributed by atoms with Gasteiger partial charge in [-0.3, -0.25) is 9.78 Å². The molecule has 20 heavy (non-hydrogen) atoms. The van der Waals surface area contributed by atoms with E-state index in [9.17, 15) is 13.6 Å². The van der Waals surface area contributed by atoms with Crippen LogP contribution in [0.3, 0.4) is 0 Å². The van der Waals surface area contributed by atoms with Crippen LogP contribution in [0.15, 0.2) is 18.3 Å². The zero-order chi connectivity index (χ0) is 15.0. The first-order valence-corrected chi connectivity index (χ1v) is 6.46. The van der Waals surface area contributed by atoms with E-state index in [0.717, 1.165) is 17.9 Å². The first-order valence-electron chi connectivity index (χ1n) is 6.46. The van der Waals surface area contributed by atoms with E-state index >= 15 is 0 Å². The topological polar surface area (TPSA) is 65.5 Å². The molecule has 1 heterocycles. The maximum Gasteiger partial charge on any atom is 0.272 e. The lowest BCUT2D eigenvalue weighted by atomic mass is 10.2. The van der Waals surface area contributed by atoms with Crippen molar-refractivity contribution in [2.45, 2.75) is 19.8 Å². The van der Waals surface area contributed by atoms with Gasteiger partial charge in [-0.15, -0.1) is 0 Å². The normalized spacial score (nSPS) is 10.7. The first kappa shape index (κ1) is 16.3. The van der Waals surface area contributed by atoms with E-state index < -0.39 is 18.9 Å². The third kappa shape index (κ3) is 5.08. The molecule has 1 amide bonds. The van der Waals surface area contributed by atoms with E-state index in [1.807, 2.05) is 6.92 Å². The van der Waals surface area contributed by atoms with E-state index in [1.54, 1.807) is 6.07 Å². The van der Waals surface area contributed by atoms with Gasteiger partial charge in [0.2, 0.25) is 0 Å². The number of halogens is 2. The van der Waals surface area contributed by atoms with E-state index in [4.69, 9.17) is 5.11 Å². The number of aliphatic hydroxyl groups is 1. The van der Waals surface area contributed by atoms with Gasteiger partial charge >= 0.3 is 0 Å². The molecule has 0 bridgehead atoms. The van der Waals surface area contributed by atoms with Crippen LogP contribution in [0, 0.1) is 0 Å². The minimum Gasteiger partial charge on any atom is -0.395 e. The Hall–Kier alpha value is -1.76. The van der Waals surface area contributed by atoms with Crippen LogP contribution in [-0.2, 0) is 0 Å². The summed E-state index contributed by atoms with van der Waals surface area (Å²) >= 11 is 0. The first-order chi connectivity index (χ1) is 9.58. The molecule has 0 spiro atoms. The summed E-state index contributed by atoms with van der Waals surface area (Å²) in [6.45, 7) is 1.53. The van der Waals surface area contributed by atoms with E-state index in [1.165, 1.54) is 12.3 Å². The number of carbonyl (C=O) groups excluding carboxylic acids is 1. The van der Waals surface area contributed by atoms with Crippen LogP contribution in [-0.4, -0.2) is 53.6 Å². The van der Waals surface area contributed by atoms with Gasteiger partial charge in [0.15, 0.2) is 0 Å². The Kier molecular flexibility index (Phi) is 6.86. The summed E-state index contributed by atoms with van der Waals surface area (Å²) in [6.07, 6.45) is -0.273. The fraction of sp³-hybridized carbons (Fsp3) is 0.538. The van der Waals surface area contributed by atoms with Crippen LogP contribution in [0.4, 0.5) is 14.5 Å². The number of nitrogens with zero attached hydrogens (tertiary/aromatic N) is 2. The van der Waals surface area contributed by atoms with Crippen molar-refractivity contribution in [2.24, 2.45) is 0 Å². The lowest BCUT2D eigenvalue weighted by molar-refractivity contribution is 0.0504. The molecule has 1 aromatic heterocycles. The number of aliphatic hydroxyl groups excluding tert-OH is 1. The van der Waals surface area contributed by atoms with Gasteiger partial charge in [0.1, 0.15) is 5.69 Å². The van der Waals surface area contributed by atoms with Crippen molar-refractivity contribution >= 4 is 11.6 Å². The Bertz CT molecular complexity index is 430. The molecule has 0 aliphatic rings. The predicted molar refractivity (Wildman–Crippen MR) is 72.0 cm³/mol. The molecule has 1 aromatic rings. The number of hydrogen-bond acceptors (Lipinski definition) is 4. The average molecular weight is 287 g/mol. The van der Waals surface area contributed by atoms with Crippen molar-refractivity contribution in [3.05, 3.63) is 24.0 Å². The fourth-order valence-corrected chi connectivity index (χ4v) is 1.65. The zero-order valence-corrected chi connectivity index (χ0v) is 11.4. The molecule has 1 rings (SSSR count). The number of anilines is 1. The van der Waals surface area contributed by atoms with Crippen molar-refractivity contribution in [2.75, 3.05) is 31.6 Å². The highest BCUT2D eigenvalue weighted by Gasteiger charge is 2.20. The maximum atomic E-state index is 12.4. The average Bonchev–Trinajstić information content (AvgIpc) is 2.43. The molecular formula is C13H19F2N3O2. The predicted octanol–water partition coefficient (Wildman–Crippen LogP) is 1.60. The molecule has 112 valence electrons. The molecule has 0 fully saturated rings. The Morgan fingerprint density at radius 3 is 2.90 bits per heavy atom. The largest absolute Gasteiger partial charge is 0.395 e. The van der Waals surface area contributed by atoms with E-state index in [0.29, 0.717) is 5.69 Å². The summed E-state index contributed by atoms with van der Waals surface area (Å²) in [7, 11) is 0. The van der Waals surface area contributed by atoms with Crippen molar-refractivity contribution in [3.8, 4) is 0 Å². The summed E-state index contributed by atoms with van der Waals surface area (Å²) in [4.78, 5) is 16.9. The van der Waals surface area contributed by atoms with Crippen LogP contribution >= 0.6 is 0 Å². The maximum absolute atomic E-state index is 12.4. The Morgan fingerprint density at radius 2 is 2.30 bits per heavy atom. The number of alkyl halides is 2. The van der Waals surface area contributed by atoms with Crippen molar-refractivity contribution in [1.29, 1.82) is 0 Å². The number of rotatable bonds is 8. The van der Waals surface area contributed by atoms with Crippen molar-refractivity contribution < 1.29 is 18.7 Å². The highest BCUT2D eigenvalue weighted by molar-refractivity contribution is 5.93. The summed E-state index contributed by atoms with van der Waals surface area (Å²) in [6, 6.07) is 3.23. The molecule has 0 radical (unpaired) electrons. The molecule has 2 N–H and O–H groups in total. The van der Waals surface area contributed by atoms with Gasteiger partial charge in [0.25, 0.3) is 12.3 Å². The molecule has 0 unspecified atom stereocenters. The Morgan fingerprint density at radius 1 is 1.55 bits per heavy atom. The Labute approximate surface area is 116 Å². The minimum absolute atomic E-state index is 0.0835. The third-order valence-electron chi connectivity index (χ3n) is 2.57. The highest BCUT2D eigenvalue weighted by Crippen LogP contribution is 2.11. The Balaban J connectivity index is 2.82. The number of carbonyl (C=O) groups is 1. The van der Waals surface area contributed by atoms with Crippen LogP contribution in [0.1, 0.15) is 23.8 Å². The smallest absolute Gasteiger partial charge is 0.272 e. The van der Waals surface area contributed by atoms with Crippen molar-refractivity contribution in [1.82, 2.24) is 9.88 Å². The number of hydrogen-bond donors (Lipinski definition) is 2. The molecule has 0 aliphatic heterocycles. The summed E-state index contributed by atoms with van der Waals surface area (Å²) in [5.41, 5.74) is 0.798. The van der Waals surface area contributed by atoms with Crippen LogP contribution in [0.2, 0.25) is 0 Å². The summed E-state index contributed by atoms with van der Waals surface area (Å²) in [5, 5.41) is 11.9. The van der Waals surface area contributed by atoms with Crippen LogP contribution in [0.25, 0.3) is 0 Å². The number of nitrogens with one attached hydrogen (secondary N) is 1. The van der Waals surface area contributed by atoms with Gasteiger partial charge in [0.05, 0.1) is 13.2 Å². The van der Waals surface area contributed by atoms with E-state index in [-0.39, 0.29) is 18.8 Å². The lowest BCUT2D eigenvalue weighted by Crippen LogP contribution is -2.37. The van der Waals surface area contributed by atoms with Gasteiger partial charge in [-0.05, 0) is 18.6 Å². The highest BCUT2D eigenvalue weighted by atomic mass is 19.3. The molecule has 0 aliphatic carbocycles. The monoisotopic (exact) mass is 287 g/mol. The minimum atomic E-state index is -2.65. The second kappa shape index (κ2) is 8.42. The molecular weight excluding hydrogens is 268 g/mol. The zero-order valence-electron chi connectivity index (χ0n) is 11.4. The summed E-state index contributed by atoms with van der Waals surface area (Å²) in [5.74, 6) is -0.612. The molecule has 0 saturated heterocycles. The third-order valence-corrected chi connectivity index (χ3v) is 2.57. The van der Waals surface area contributed by atoms with Crippen LogP contribution in [0.5, 0.6) is 0 Å². The second-order valence-corrected chi connectivity index (χ2v) is 4.22. The van der Waals surface area contributed by atoms with Gasteiger partial charge in [-0.25, -0.2) is 8.78 Å². The van der Waals surface area contributed by atoms with E-state index in [2.05, 4.69) is 10.3 Å². The van der Waals surface area contributed by atoms with Gasteiger partial charge < -0.3 is 15.3 Å². The number of aromatic nitrogens is 1. The van der Waals surface area contributed by atoms with Gasteiger partial charge in [0, 0.05) is 25.0 Å². The number of pyridine rings is 1. The molecule has 5 nitrogen and oxygen atoms in total. The SMILES string of the molecule is CCCNc1ccnc(C(=O)N(CCO)CC(F)F)c1. The van der Waals surface area contributed by atoms with Gasteiger partial charge in [-0.2, -0.15) is 0 Å².